The normalized spacial score (nSPS) is 11.7. The van der Waals surface area contributed by atoms with Crippen molar-refractivity contribution in [3.05, 3.63) is 60.7 Å². The summed E-state index contributed by atoms with van der Waals surface area (Å²) in [5.74, 6) is 0. The van der Waals surface area contributed by atoms with E-state index in [0.29, 0.717) is 11.1 Å². The van der Waals surface area contributed by atoms with Gasteiger partial charge >= 0.3 is 0 Å². The van der Waals surface area contributed by atoms with Crippen LogP contribution in [0.5, 0.6) is 0 Å². The van der Waals surface area contributed by atoms with Gasteiger partial charge < -0.3 is 5.73 Å². The van der Waals surface area contributed by atoms with Crippen molar-refractivity contribution in [2.45, 2.75) is 4.90 Å². The molecule has 0 atom stereocenters. The molecule has 106 valence electrons. The average Bonchev–Trinajstić information content (AvgIpc) is 2.46. The second-order valence-corrected chi connectivity index (χ2v) is 6.15. The summed E-state index contributed by atoms with van der Waals surface area (Å²) in [6.07, 6.45) is 0. The summed E-state index contributed by atoms with van der Waals surface area (Å²) in [4.78, 5) is -0.0903. The van der Waals surface area contributed by atoms with Gasteiger partial charge in [-0.15, -0.1) is 0 Å². The van der Waals surface area contributed by atoms with E-state index in [1.54, 1.807) is 18.2 Å². The van der Waals surface area contributed by atoms with Crippen LogP contribution in [0, 0.1) is 0 Å². The fourth-order valence-electron chi connectivity index (χ4n) is 2.42. The van der Waals surface area contributed by atoms with Crippen LogP contribution in [-0.4, -0.2) is 13.0 Å². The molecule has 0 fully saturated rings. The molecule has 0 amide bonds. The van der Waals surface area contributed by atoms with Gasteiger partial charge in [-0.05, 0) is 34.7 Å². The molecule has 4 nitrogen and oxygen atoms in total. The van der Waals surface area contributed by atoms with E-state index < -0.39 is 10.1 Å². The number of anilines is 1. The van der Waals surface area contributed by atoms with E-state index in [2.05, 4.69) is 0 Å². The molecule has 0 aliphatic heterocycles. The van der Waals surface area contributed by atoms with Crippen LogP contribution in [0.25, 0.3) is 21.9 Å². The Morgan fingerprint density at radius 1 is 0.857 bits per heavy atom. The molecule has 0 saturated carbocycles. The second-order valence-electron chi connectivity index (χ2n) is 4.76. The van der Waals surface area contributed by atoms with E-state index in [-0.39, 0.29) is 4.90 Å². The van der Waals surface area contributed by atoms with Crippen molar-refractivity contribution < 1.29 is 13.0 Å². The molecule has 5 heteroatoms. The topological polar surface area (TPSA) is 80.4 Å². The maximum Gasteiger partial charge on any atom is 0.295 e. The molecule has 3 N–H and O–H groups in total. The number of hydrogen-bond donors (Lipinski definition) is 2. The van der Waals surface area contributed by atoms with E-state index in [1.807, 2.05) is 36.4 Å². The van der Waals surface area contributed by atoms with Gasteiger partial charge in [0.05, 0.1) is 0 Å². The smallest absolute Gasteiger partial charge is 0.295 e. The highest BCUT2D eigenvalue weighted by Gasteiger charge is 2.16. The molecule has 0 heterocycles. The number of fused-ring (bicyclic) bond motifs is 1. The molecule has 0 saturated heterocycles. The van der Waals surface area contributed by atoms with Crippen LogP contribution in [0.3, 0.4) is 0 Å². The van der Waals surface area contributed by atoms with Gasteiger partial charge in [0, 0.05) is 11.1 Å². The fraction of sp³-hybridized carbons (Fsp3) is 0. The van der Waals surface area contributed by atoms with Crippen molar-refractivity contribution >= 4 is 26.6 Å². The highest BCUT2D eigenvalue weighted by molar-refractivity contribution is 7.86. The summed E-state index contributed by atoms with van der Waals surface area (Å²) in [6, 6.07) is 17.5. The van der Waals surface area contributed by atoms with E-state index >= 15 is 0 Å². The summed E-state index contributed by atoms with van der Waals surface area (Å²) in [6.45, 7) is 0. The molecule has 3 aromatic carbocycles. The minimum atomic E-state index is -4.29. The first-order valence-electron chi connectivity index (χ1n) is 6.32. The van der Waals surface area contributed by atoms with Crippen LogP contribution in [0.2, 0.25) is 0 Å². The molecule has 0 aliphatic rings. The molecule has 0 aromatic heterocycles. The second kappa shape index (κ2) is 4.87. The highest BCUT2D eigenvalue weighted by atomic mass is 32.2. The van der Waals surface area contributed by atoms with Crippen LogP contribution in [0.4, 0.5) is 5.69 Å². The zero-order valence-electron chi connectivity index (χ0n) is 11.0. The van der Waals surface area contributed by atoms with Crippen molar-refractivity contribution in [2.24, 2.45) is 0 Å². The number of rotatable bonds is 2. The van der Waals surface area contributed by atoms with Gasteiger partial charge in [-0.2, -0.15) is 8.42 Å². The van der Waals surface area contributed by atoms with E-state index in [0.717, 1.165) is 16.5 Å². The fourth-order valence-corrected chi connectivity index (χ4v) is 3.16. The van der Waals surface area contributed by atoms with Gasteiger partial charge in [-0.1, -0.05) is 42.5 Å². The third kappa shape index (κ3) is 2.49. The van der Waals surface area contributed by atoms with E-state index in [4.69, 9.17) is 5.73 Å². The minimum absolute atomic E-state index is 0.0903. The third-order valence-corrected chi connectivity index (χ3v) is 4.26. The molecule has 3 rings (SSSR count). The summed E-state index contributed by atoms with van der Waals surface area (Å²) < 4.78 is 32.7. The zero-order chi connectivity index (χ0) is 15.0. The standard InChI is InChI=1S/C16H13NO3S/c17-13-9-7-11(8-10-13)14-5-1-3-12-4-2-6-15(16(12)14)21(18,19)20/h1-10H,17H2,(H,18,19,20). The van der Waals surface area contributed by atoms with E-state index in [9.17, 15) is 13.0 Å². The number of nitrogen functional groups attached to an aromatic ring is 1. The Morgan fingerprint density at radius 3 is 2.10 bits per heavy atom. The van der Waals surface area contributed by atoms with Crippen LogP contribution < -0.4 is 5.73 Å². The Bertz CT molecular complexity index is 911. The Morgan fingerprint density at radius 2 is 1.48 bits per heavy atom. The summed E-state index contributed by atoms with van der Waals surface area (Å²) in [7, 11) is -4.29. The first kappa shape index (κ1) is 13.6. The lowest BCUT2D eigenvalue weighted by Crippen LogP contribution is -2.00. The SMILES string of the molecule is Nc1ccc(-c2cccc3cccc(S(=O)(=O)O)c23)cc1. The van der Waals surface area contributed by atoms with Crippen LogP contribution in [0.1, 0.15) is 0 Å². The Labute approximate surface area is 122 Å². The number of hydrogen-bond acceptors (Lipinski definition) is 3. The van der Waals surface area contributed by atoms with Crippen LogP contribution >= 0.6 is 0 Å². The molecular weight excluding hydrogens is 286 g/mol. The minimum Gasteiger partial charge on any atom is -0.399 e. The number of nitrogens with two attached hydrogens (primary N) is 1. The summed E-state index contributed by atoms with van der Waals surface area (Å²) in [5, 5.41) is 1.26. The largest absolute Gasteiger partial charge is 0.399 e. The van der Waals surface area contributed by atoms with Crippen molar-refractivity contribution in [1.29, 1.82) is 0 Å². The summed E-state index contributed by atoms with van der Waals surface area (Å²) >= 11 is 0. The Balaban J connectivity index is 2.41. The van der Waals surface area contributed by atoms with E-state index in [1.165, 1.54) is 6.07 Å². The average molecular weight is 299 g/mol. The predicted molar refractivity (Wildman–Crippen MR) is 83.6 cm³/mol. The van der Waals surface area contributed by atoms with Crippen LogP contribution in [-0.2, 0) is 10.1 Å². The molecule has 0 radical (unpaired) electrons. The van der Waals surface area contributed by atoms with Gasteiger partial charge in [0.15, 0.2) is 0 Å². The molecule has 0 unspecified atom stereocenters. The maximum absolute atomic E-state index is 11.6. The number of benzene rings is 3. The lowest BCUT2D eigenvalue weighted by atomic mass is 9.98. The summed E-state index contributed by atoms with van der Waals surface area (Å²) in [5.41, 5.74) is 7.89. The first-order valence-corrected chi connectivity index (χ1v) is 7.76. The van der Waals surface area contributed by atoms with Gasteiger partial charge in [0.2, 0.25) is 0 Å². The lowest BCUT2D eigenvalue weighted by Gasteiger charge is -2.10. The maximum atomic E-state index is 11.6. The first-order chi connectivity index (χ1) is 9.97. The third-order valence-electron chi connectivity index (χ3n) is 3.37. The molecule has 21 heavy (non-hydrogen) atoms. The van der Waals surface area contributed by atoms with Gasteiger partial charge in [-0.3, -0.25) is 4.55 Å². The molecule has 0 spiro atoms. The van der Waals surface area contributed by atoms with Crippen molar-refractivity contribution in [3.63, 3.8) is 0 Å². The van der Waals surface area contributed by atoms with Gasteiger partial charge in [0.25, 0.3) is 10.1 Å². The molecule has 3 aromatic rings. The lowest BCUT2D eigenvalue weighted by molar-refractivity contribution is 0.484. The molecule has 0 bridgehead atoms. The van der Waals surface area contributed by atoms with Gasteiger partial charge in [0.1, 0.15) is 4.90 Å². The Hall–Kier alpha value is -2.37. The predicted octanol–water partition coefficient (Wildman–Crippen LogP) is 3.34. The molecule has 0 aliphatic carbocycles. The Kier molecular flexibility index (Phi) is 3.16. The quantitative estimate of drug-likeness (QED) is 0.562. The van der Waals surface area contributed by atoms with Crippen LogP contribution in [0.15, 0.2) is 65.6 Å². The van der Waals surface area contributed by atoms with Gasteiger partial charge in [-0.25, -0.2) is 0 Å². The van der Waals surface area contributed by atoms with Crippen molar-refractivity contribution in [1.82, 2.24) is 0 Å². The monoisotopic (exact) mass is 299 g/mol. The molecular formula is C16H13NO3S. The zero-order valence-corrected chi connectivity index (χ0v) is 11.8. The van der Waals surface area contributed by atoms with Crippen molar-refractivity contribution in [3.8, 4) is 11.1 Å². The highest BCUT2D eigenvalue weighted by Crippen LogP contribution is 2.33. The van der Waals surface area contributed by atoms with Crippen molar-refractivity contribution in [2.75, 3.05) is 5.73 Å².